The van der Waals surface area contributed by atoms with Gasteiger partial charge in [-0.3, -0.25) is 10.1 Å². The number of ether oxygens (including phenoxy) is 3. The van der Waals surface area contributed by atoms with Crippen molar-refractivity contribution in [2.75, 3.05) is 24.6 Å². The first-order valence-corrected chi connectivity index (χ1v) is 10.6. The van der Waals surface area contributed by atoms with Crippen LogP contribution in [0.25, 0.3) is 10.3 Å². The Morgan fingerprint density at radius 2 is 2.12 bits per heavy atom. The van der Waals surface area contributed by atoms with Gasteiger partial charge in [-0.25, -0.2) is 14.6 Å². The molecule has 4 rings (SSSR count). The summed E-state index contributed by atoms with van der Waals surface area (Å²) >= 11 is 0.945. The Morgan fingerprint density at radius 3 is 2.84 bits per heavy atom. The molecule has 0 aliphatic carbocycles. The van der Waals surface area contributed by atoms with Gasteiger partial charge < -0.3 is 23.5 Å². The highest BCUT2D eigenvalue weighted by atomic mass is 32.1. The van der Waals surface area contributed by atoms with Crippen LogP contribution in [-0.2, 0) is 9.47 Å². The van der Waals surface area contributed by atoms with Gasteiger partial charge in [0.1, 0.15) is 18.2 Å². The van der Waals surface area contributed by atoms with Crippen LogP contribution in [0.15, 0.2) is 33.7 Å². The van der Waals surface area contributed by atoms with Gasteiger partial charge in [-0.2, -0.15) is 4.98 Å². The van der Waals surface area contributed by atoms with Crippen LogP contribution in [0.2, 0.25) is 0 Å². The normalized spacial score (nSPS) is 14.3. The molecule has 32 heavy (non-hydrogen) atoms. The highest BCUT2D eigenvalue weighted by Gasteiger charge is 2.32. The van der Waals surface area contributed by atoms with Gasteiger partial charge in [-0.15, -0.1) is 0 Å². The molecule has 0 saturated carbocycles. The van der Waals surface area contributed by atoms with E-state index < -0.39 is 16.0 Å². The molecule has 1 aliphatic heterocycles. The summed E-state index contributed by atoms with van der Waals surface area (Å²) in [4.78, 5) is 43.4. The van der Waals surface area contributed by atoms with Gasteiger partial charge >= 0.3 is 22.7 Å². The monoisotopic (exact) mass is 462 g/mol. The van der Waals surface area contributed by atoms with E-state index in [2.05, 4.69) is 9.97 Å². The lowest BCUT2D eigenvalue weighted by Gasteiger charge is -2.31. The third kappa shape index (κ3) is 4.61. The van der Waals surface area contributed by atoms with Gasteiger partial charge in [0.05, 0.1) is 16.2 Å². The second-order valence-electron chi connectivity index (χ2n) is 6.76. The minimum Gasteiger partial charge on any atom is -0.435 e. The molecule has 0 N–H and O–H groups in total. The zero-order chi connectivity index (χ0) is 22.7. The number of nitro groups is 1. The number of aromatic nitrogens is 2. The van der Waals surface area contributed by atoms with Crippen molar-refractivity contribution in [3.63, 3.8) is 0 Å². The summed E-state index contributed by atoms with van der Waals surface area (Å²) in [6, 6.07) is 4.66. The van der Waals surface area contributed by atoms with Crippen LogP contribution in [0.1, 0.15) is 19.8 Å². The average molecular weight is 462 g/mol. The predicted molar refractivity (Wildman–Crippen MR) is 112 cm³/mol. The molecule has 3 heterocycles. The maximum absolute atomic E-state index is 11.8. The Labute approximate surface area is 184 Å². The fourth-order valence-corrected chi connectivity index (χ4v) is 3.97. The topological polar surface area (TPSA) is 147 Å². The molecule has 0 atom stereocenters. The third-order valence-electron chi connectivity index (χ3n) is 4.73. The number of benzene rings is 1. The molecule has 0 bridgehead atoms. The molecule has 12 nitrogen and oxygen atoms in total. The van der Waals surface area contributed by atoms with E-state index in [9.17, 15) is 19.7 Å². The highest BCUT2D eigenvalue weighted by molar-refractivity contribution is 7.16. The minimum atomic E-state index is -0.729. The van der Waals surface area contributed by atoms with Gasteiger partial charge in [0.15, 0.2) is 5.58 Å². The zero-order valence-corrected chi connectivity index (χ0v) is 17.7. The zero-order valence-electron chi connectivity index (χ0n) is 16.9. The van der Waals surface area contributed by atoms with Crippen molar-refractivity contribution >= 4 is 39.3 Å². The van der Waals surface area contributed by atoms with Crippen molar-refractivity contribution < 1.29 is 28.3 Å². The van der Waals surface area contributed by atoms with Crippen molar-refractivity contribution in [3.8, 4) is 11.6 Å². The van der Waals surface area contributed by atoms with Crippen LogP contribution >= 0.6 is 11.3 Å². The van der Waals surface area contributed by atoms with Crippen LogP contribution in [0.3, 0.4) is 0 Å². The van der Waals surface area contributed by atoms with Crippen molar-refractivity contribution in [2.45, 2.75) is 25.9 Å². The Kier molecular flexibility index (Phi) is 6.16. The van der Waals surface area contributed by atoms with Gasteiger partial charge in [0.25, 0.3) is 0 Å². The first-order valence-electron chi connectivity index (χ1n) is 9.74. The standard InChI is InChI=1S/C19H18N4O8S/c1-2-28-18(24)30-11-5-7-22(8-6-11)16-15(23(26)27)17(21-10-20-16)29-12-3-4-14-13(9-12)31-19(25)32-14/h3-4,9-11H,2,5-8H2,1H3. The first kappa shape index (κ1) is 21.5. The molecule has 13 heteroatoms. The maximum Gasteiger partial charge on any atom is 0.508 e. The third-order valence-corrected chi connectivity index (χ3v) is 5.54. The highest BCUT2D eigenvalue weighted by Crippen LogP contribution is 2.37. The van der Waals surface area contributed by atoms with E-state index in [0.717, 1.165) is 11.3 Å². The second kappa shape index (κ2) is 9.18. The number of nitrogens with zero attached hydrogens (tertiary/aromatic N) is 4. The number of anilines is 1. The summed E-state index contributed by atoms with van der Waals surface area (Å²) in [5, 5.41) is 11.8. The fourth-order valence-electron chi connectivity index (χ4n) is 3.32. The Hall–Kier alpha value is -3.74. The Balaban J connectivity index is 1.54. The average Bonchev–Trinajstić information content (AvgIpc) is 3.13. The molecule has 0 amide bonds. The van der Waals surface area contributed by atoms with Crippen LogP contribution in [0.4, 0.5) is 16.3 Å². The molecule has 168 valence electrons. The molecule has 1 aliphatic rings. The lowest BCUT2D eigenvalue weighted by atomic mass is 10.1. The number of rotatable bonds is 6. The van der Waals surface area contributed by atoms with Crippen LogP contribution in [0.5, 0.6) is 11.6 Å². The molecular formula is C19H18N4O8S. The number of piperidine rings is 1. The molecule has 0 unspecified atom stereocenters. The van der Waals surface area contributed by atoms with E-state index in [4.69, 9.17) is 18.6 Å². The quantitative estimate of drug-likeness (QED) is 0.301. The summed E-state index contributed by atoms with van der Waals surface area (Å²) in [7, 11) is 0. The minimum absolute atomic E-state index is 0.109. The molecule has 2 aromatic heterocycles. The summed E-state index contributed by atoms with van der Waals surface area (Å²) < 4.78 is 21.4. The van der Waals surface area contributed by atoms with Gasteiger partial charge in [-0.1, -0.05) is 11.3 Å². The molecule has 0 spiro atoms. The Bertz CT molecular complexity index is 1200. The number of carbonyl (C=O) groups is 1. The van der Waals surface area contributed by atoms with Gasteiger partial charge in [0, 0.05) is 32.0 Å². The van der Waals surface area contributed by atoms with E-state index in [1.165, 1.54) is 12.4 Å². The smallest absolute Gasteiger partial charge is 0.435 e. The van der Waals surface area contributed by atoms with Crippen molar-refractivity contribution in [1.29, 1.82) is 0 Å². The maximum atomic E-state index is 11.8. The summed E-state index contributed by atoms with van der Waals surface area (Å²) in [6.07, 6.45) is 1.04. The number of carbonyl (C=O) groups excluding carboxylic acids is 1. The molecular weight excluding hydrogens is 444 g/mol. The summed E-state index contributed by atoms with van der Waals surface area (Å²) in [5.74, 6) is 0.105. The number of hydrogen-bond donors (Lipinski definition) is 0. The van der Waals surface area contributed by atoms with E-state index in [1.54, 1.807) is 24.0 Å². The van der Waals surface area contributed by atoms with Crippen LogP contribution < -0.4 is 14.6 Å². The lowest BCUT2D eigenvalue weighted by molar-refractivity contribution is -0.385. The molecule has 0 radical (unpaired) electrons. The number of fused-ring (bicyclic) bond motifs is 1. The van der Waals surface area contributed by atoms with Gasteiger partial charge in [0.2, 0.25) is 5.82 Å². The fraction of sp³-hybridized carbons (Fsp3) is 0.368. The summed E-state index contributed by atoms with van der Waals surface area (Å²) in [5.41, 5.74) is -0.0674. The van der Waals surface area contributed by atoms with Crippen LogP contribution in [-0.4, -0.2) is 46.8 Å². The van der Waals surface area contributed by atoms with E-state index in [-0.39, 0.29) is 35.8 Å². The number of hydrogen-bond acceptors (Lipinski definition) is 12. The first-order chi connectivity index (χ1) is 15.4. The Morgan fingerprint density at radius 1 is 1.34 bits per heavy atom. The van der Waals surface area contributed by atoms with Crippen molar-refractivity contribution in [1.82, 2.24) is 9.97 Å². The van der Waals surface area contributed by atoms with Gasteiger partial charge in [-0.05, 0) is 19.1 Å². The molecule has 1 aromatic carbocycles. The van der Waals surface area contributed by atoms with E-state index >= 15 is 0 Å². The summed E-state index contributed by atoms with van der Waals surface area (Å²) in [6.45, 7) is 2.67. The molecule has 3 aromatic rings. The molecule has 1 saturated heterocycles. The lowest BCUT2D eigenvalue weighted by Crippen LogP contribution is -2.38. The van der Waals surface area contributed by atoms with Crippen molar-refractivity contribution in [3.05, 3.63) is 44.4 Å². The molecule has 1 fully saturated rings. The SMILES string of the molecule is CCOC(=O)OC1CCN(c2ncnc(Oc3ccc4sc(=O)oc4c3)c2[N+](=O)[O-])CC1. The van der Waals surface area contributed by atoms with E-state index in [0.29, 0.717) is 36.2 Å². The largest absolute Gasteiger partial charge is 0.508 e. The van der Waals surface area contributed by atoms with Crippen LogP contribution in [0, 0.1) is 10.1 Å². The second-order valence-corrected chi connectivity index (χ2v) is 7.74. The van der Waals surface area contributed by atoms with E-state index in [1.807, 2.05) is 0 Å². The predicted octanol–water partition coefficient (Wildman–Crippen LogP) is 3.49. The van der Waals surface area contributed by atoms with Crippen molar-refractivity contribution in [2.24, 2.45) is 0 Å².